The molecule has 0 atom stereocenters. The first-order valence-corrected chi connectivity index (χ1v) is 9.73. The molecule has 0 unspecified atom stereocenters. The van der Waals surface area contributed by atoms with E-state index >= 15 is 0 Å². The van der Waals surface area contributed by atoms with E-state index in [4.69, 9.17) is 5.10 Å². The Balaban J connectivity index is 1.79. The van der Waals surface area contributed by atoms with Crippen LogP contribution in [0.1, 0.15) is 27.2 Å². The highest BCUT2D eigenvalue weighted by molar-refractivity contribution is 6.04. The molecule has 0 radical (unpaired) electrons. The molecule has 1 heterocycles. The molecule has 150 valence electrons. The Bertz CT molecular complexity index is 1230. The third kappa shape index (κ3) is 3.87. The van der Waals surface area contributed by atoms with Gasteiger partial charge in [-0.3, -0.25) is 4.79 Å². The van der Waals surface area contributed by atoms with Crippen molar-refractivity contribution in [3.8, 4) is 16.9 Å². The van der Waals surface area contributed by atoms with E-state index in [1.54, 1.807) is 22.9 Å². The molecule has 0 saturated carbocycles. The fourth-order valence-electron chi connectivity index (χ4n) is 3.22. The highest BCUT2D eigenvalue weighted by Gasteiger charge is 2.19. The van der Waals surface area contributed by atoms with E-state index in [9.17, 15) is 9.18 Å². The Hall–Kier alpha value is -3.73. The number of nitrogens with one attached hydrogen (secondary N) is 1. The van der Waals surface area contributed by atoms with E-state index in [0.717, 1.165) is 22.4 Å². The summed E-state index contributed by atoms with van der Waals surface area (Å²) in [6, 6.07) is 21.7. The highest BCUT2D eigenvalue weighted by atomic mass is 19.1. The van der Waals surface area contributed by atoms with Crippen molar-refractivity contribution in [2.45, 2.75) is 20.8 Å². The second-order valence-electron chi connectivity index (χ2n) is 7.40. The first kappa shape index (κ1) is 19.6. The van der Waals surface area contributed by atoms with Gasteiger partial charge >= 0.3 is 0 Å². The minimum absolute atomic E-state index is 0.131. The van der Waals surface area contributed by atoms with Crippen LogP contribution < -0.4 is 5.32 Å². The Morgan fingerprint density at radius 1 is 0.900 bits per heavy atom. The van der Waals surface area contributed by atoms with Crippen LogP contribution in [0.4, 0.5) is 10.1 Å². The number of carbonyl (C=O) groups is 1. The molecule has 5 heteroatoms. The SMILES string of the molecule is Cc1ccc(-n2nc(-c3ccc(C)c(C)c3)cc2C(=O)Nc2ccccc2F)cc1. The summed E-state index contributed by atoms with van der Waals surface area (Å²) in [6.45, 7) is 6.10. The number of aryl methyl sites for hydroxylation is 3. The highest BCUT2D eigenvalue weighted by Crippen LogP contribution is 2.25. The molecule has 4 rings (SSSR count). The van der Waals surface area contributed by atoms with Crippen LogP contribution in [-0.4, -0.2) is 15.7 Å². The van der Waals surface area contributed by atoms with Gasteiger partial charge in [0.2, 0.25) is 0 Å². The first-order chi connectivity index (χ1) is 14.4. The van der Waals surface area contributed by atoms with Gasteiger partial charge < -0.3 is 5.32 Å². The standard InChI is InChI=1S/C25H22FN3O/c1-16-8-12-20(13-9-16)29-24(25(30)27-22-7-5-4-6-21(22)26)15-23(28-29)19-11-10-17(2)18(3)14-19/h4-15H,1-3H3,(H,27,30). The molecule has 0 fully saturated rings. The van der Waals surface area contributed by atoms with E-state index in [1.807, 2.05) is 50.2 Å². The monoisotopic (exact) mass is 399 g/mol. The average Bonchev–Trinajstić information content (AvgIpc) is 3.18. The summed E-state index contributed by atoms with van der Waals surface area (Å²) in [5, 5.41) is 7.36. The van der Waals surface area contributed by atoms with Crippen molar-refractivity contribution in [3.05, 3.63) is 101 Å². The predicted octanol–water partition coefficient (Wildman–Crippen LogP) is 5.86. The van der Waals surface area contributed by atoms with Crippen LogP contribution in [0.3, 0.4) is 0 Å². The van der Waals surface area contributed by atoms with E-state index in [0.29, 0.717) is 11.4 Å². The summed E-state index contributed by atoms with van der Waals surface area (Å²) in [5.41, 5.74) is 6.26. The van der Waals surface area contributed by atoms with E-state index in [-0.39, 0.29) is 5.69 Å². The maximum atomic E-state index is 14.0. The minimum Gasteiger partial charge on any atom is -0.318 e. The average molecular weight is 399 g/mol. The molecule has 0 aliphatic carbocycles. The van der Waals surface area contributed by atoms with Crippen LogP contribution >= 0.6 is 0 Å². The lowest BCUT2D eigenvalue weighted by Crippen LogP contribution is -2.17. The molecule has 0 saturated heterocycles. The van der Waals surface area contributed by atoms with Crippen molar-refractivity contribution < 1.29 is 9.18 Å². The Labute approximate surface area is 175 Å². The number of para-hydroxylation sites is 1. The molecule has 1 aromatic heterocycles. The summed E-state index contributed by atoms with van der Waals surface area (Å²) in [5.74, 6) is -0.912. The van der Waals surface area contributed by atoms with Crippen LogP contribution in [0.2, 0.25) is 0 Å². The molecular formula is C25H22FN3O. The summed E-state index contributed by atoms with van der Waals surface area (Å²) in [7, 11) is 0. The zero-order valence-electron chi connectivity index (χ0n) is 17.1. The van der Waals surface area contributed by atoms with Crippen molar-refractivity contribution in [3.63, 3.8) is 0 Å². The summed E-state index contributed by atoms with van der Waals surface area (Å²) in [6.07, 6.45) is 0. The van der Waals surface area contributed by atoms with Crippen LogP contribution in [0.25, 0.3) is 16.9 Å². The summed E-state index contributed by atoms with van der Waals surface area (Å²) in [4.78, 5) is 13.1. The van der Waals surface area contributed by atoms with Gasteiger partial charge in [-0.05, 0) is 68.3 Å². The predicted molar refractivity (Wildman–Crippen MR) is 118 cm³/mol. The quantitative estimate of drug-likeness (QED) is 0.467. The summed E-state index contributed by atoms with van der Waals surface area (Å²) >= 11 is 0. The molecule has 4 nitrogen and oxygen atoms in total. The van der Waals surface area contributed by atoms with Gasteiger partial charge in [-0.25, -0.2) is 9.07 Å². The zero-order chi connectivity index (χ0) is 21.3. The number of halogens is 1. The van der Waals surface area contributed by atoms with Crippen molar-refractivity contribution in [2.24, 2.45) is 0 Å². The Morgan fingerprint density at radius 3 is 2.33 bits per heavy atom. The van der Waals surface area contributed by atoms with Crippen molar-refractivity contribution in [2.75, 3.05) is 5.32 Å². The topological polar surface area (TPSA) is 46.9 Å². The maximum Gasteiger partial charge on any atom is 0.274 e. The van der Waals surface area contributed by atoms with Gasteiger partial charge in [-0.15, -0.1) is 0 Å². The van der Waals surface area contributed by atoms with Crippen LogP contribution in [0.15, 0.2) is 72.8 Å². The minimum atomic E-state index is -0.485. The smallest absolute Gasteiger partial charge is 0.274 e. The number of amides is 1. The number of hydrogen-bond donors (Lipinski definition) is 1. The molecule has 3 aromatic carbocycles. The van der Waals surface area contributed by atoms with Gasteiger partial charge in [-0.1, -0.05) is 42.0 Å². The number of carbonyl (C=O) groups excluding carboxylic acids is 1. The van der Waals surface area contributed by atoms with Gasteiger partial charge in [0.25, 0.3) is 5.91 Å². The number of aromatic nitrogens is 2. The molecular weight excluding hydrogens is 377 g/mol. The Morgan fingerprint density at radius 2 is 1.63 bits per heavy atom. The lowest BCUT2D eigenvalue weighted by molar-refractivity contribution is 0.101. The van der Waals surface area contributed by atoms with Gasteiger partial charge in [0.05, 0.1) is 17.1 Å². The van der Waals surface area contributed by atoms with Crippen LogP contribution in [0, 0.1) is 26.6 Å². The normalized spacial score (nSPS) is 10.8. The molecule has 0 aliphatic rings. The Kier molecular flexibility index (Phi) is 5.19. The number of hydrogen-bond acceptors (Lipinski definition) is 2. The molecule has 30 heavy (non-hydrogen) atoms. The summed E-state index contributed by atoms with van der Waals surface area (Å²) < 4.78 is 15.6. The van der Waals surface area contributed by atoms with Gasteiger partial charge in [0.1, 0.15) is 11.5 Å². The lowest BCUT2D eigenvalue weighted by Gasteiger charge is -2.09. The number of rotatable bonds is 4. The van der Waals surface area contributed by atoms with Crippen LogP contribution in [-0.2, 0) is 0 Å². The van der Waals surface area contributed by atoms with Gasteiger partial charge in [0, 0.05) is 5.56 Å². The molecule has 1 N–H and O–H groups in total. The van der Waals surface area contributed by atoms with Gasteiger partial charge in [-0.2, -0.15) is 5.10 Å². The largest absolute Gasteiger partial charge is 0.318 e. The molecule has 4 aromatic rings. The molecule has 0 bridgehead atoms. The van der Waals surface area contributed by atoms with E-state index < -0.39 is 11.7 Å². The molecule has 0 spiro atoms. The van der Waals surface area contributed by atoms with E-state index in [2.05, 4.69) is 18.3 Å². The fraction of sp³-hybridized carbons (Fsp3) is 0.120. The maximum absolute atomic E-state index is 14.0. The third-order valence-corrected chi connectivity index (χ3v) is 5.15. The second-order valence-corrected chi connectivity index (χ2v) is 7.40. The van der Waals surface area contributed by atoms with Gasteiger partial charge in [0.15, 0.2) is 0 Å². The van der Waals surface area contributed by atoms with Crippen molar-refractivity contribution >= 4 is 11.6 Å². The van der Waals surface area contributed by atoms with Crippen molar-refractivity contribution in [1.82, 2.24) is 9.78 Å². The number of nitrogens with zero attached hydrogens (tertiary/aromatic N) is 2. The second kappa shape index (κ2) is 7.95. The molecule has 1 amide bonds. The van der Waals surface area contributed by atoms with Crippen molar-refractivity contribution in [1.29, 1.82) is 0 Å². The lowest BCUT2D eigenvalue weighted by atomic mass is 10.0. The third-order valence-electron chi connectivity index (χ3n) is 5.15. The molecule has 0 aliphatic heterocycles. The zero-order valence-corrected chi connectivity index (χ0v) is 17.1. The fourth-order valence-corrected chi connectivity index (χ4v) is 3.22. The number of benzene rings is 3. The first-order valence-electron chi connectivity index (χ1n) is 9.73. The van der Waals surface area contributed by atoms with Crippen LogP contribution in [0.5, 0.6) is 0 Å². The number of anilines is 1. The van der Waals surface area contributed by atoms with E-state index in [1.165, 1.54) is 17.7 Å².